The number of pyridine rings is 1. The summed E-state index contributed by atoms with van der Waals surface area (Å²) in [6, 6.07) is 2.72. The Kier molecular flexibility index (Phi) is 2.06. The standard InChI is InChI=1S/C9H7N3O2/c13-9(14)8-4-7(11-12-8)6-2-1-3-10-5-6/h1-5,8H,(H,13,14)/t8-/m0/s1. The third-order valence-corrected chi connectivity index (χ3v) is 1.82. The summed E-state index contributed by atoms with van der Waals surface area (Å²) in [7, 11) is 0. The fourth-order valence-electron chi connectivity index (χ4n) is 1.13. The molecular formula is C9H7N3O2. The van der Waals surface area contributed by atoms with Crippen LogP contribution < -0.4 is 0 Å². The van der Waals surface area contributed by atoms with Gasteiger partial charge in [-0.25, -0.2) is 4.79 Å². The van der Waals surface area contributed by atoms with Crippen molar-refractivity contribution in [3.8, 4) is 0 Å². The molecule has 0 saturated heterocycles. The molecule has 0 saturated carbocycles. The number of carbonyl (C=O) groups is 1. The van der Waals surface area contributed by atoms with Crippen LogP contribution in [0.15, 0.2) is 40.8 Å². The highest BCUT2D eigenvalue weighted by atomic mass is 16.4. The van der Waals surface area contributed by atoms with Gasteiger partial charge in [0.2, 0.25) is 0 Å². The highest BCUT2D eigenvalue weighted by molar-refractivity contribution is 5.81. The third-order valence-electron chi connectivity index (χ3n) is 1.82. The lowest BCUT2D eigenvalue weighted by atomic mass is 10.2. The van der Waals surface area contributed by atoms with E-state index in [1.807, 2.05) is 6.07 Å². The predicted molar refractivity (Wildman–Crippen MR) is 48.5 cm³/mol. The number of carboxylic acids is 1. The van der Waals surface area contributed by atoms with Crippen LogP contribution in [0, 0.1) is 0 Å². The molecular weight excluding hydrogens is 182 g/mol. The first-order valence-corrected chi connectivity index (χ1v) is 4.03. The topological polar surface area (TPSA) is 74.9 Å². The van der Waals surface area contributed by atoms with Gasteiger partial charge < -0.3 is 5.11 Å². The van der Waals surface area contributed by atoms with Gasteiger partial charge in [0, 0.05) is 18.0 Å². The Bertz CT molecular complexity index is 411. The van der Waals surface area contributed by atoms with Crippen LogP contribution >= 0.6 is 0 Å². The van der Waals surface area contributed by atoms with E-state index in [1.165, 1.54) is 6.08 Å². The van der Waals surface area contributed by atoms with Crippen LogP contribution in [0.4, 0.5) is 0 Å². The summed E-state index contributed by atoms with van der Waals surface area (Å²) < 4.78 is 0. The maximum absolute atomic E-state index is 10.6. The maximum Gasteiger partial charge on any atom is 0.334 e. The second-order valence-corrected chi connectivity index (χ2v) is 2.79. The molecule has 2 rings (SSSR count). The van der Waals surface area contributed by atoms with Gasteiger partial charge in [0.15, 0.2) is 6.04 Å². The van der Waals surface area contributed by atoms with Crippen molar-refractivity contribution >= 4 is 11.7 Å². The highest BCUT2D eigenvalue weighted by Gasteiger charge is 2.20. The Morgan fingerprint density at radius 1 is 1.50 bits per heavy atom. The molecule has 1 N–H and O–H groups in total. The SMILES string of the molecule is O=C(O)[C@@H]1C=C(c2cccnc2)N=N1. The quantitative estimate of drug-likeness (QED) is 0.762. The van der Waals surface area contributed by atoms with Crippen LogP contribution in [-0.4, -0.2) is 22.1 Å². The molecule has 2 heterocycles. The van der Waals surface area contributed by atoms with Crippen LogP contribution in [0.3, 0.4) is 0 Å². The number of hydrogen-bond donors (Lipinski definition) is 1. The Hall–Kier alpha value is -2.04. The summed E-state index contributed by atoms with van der Waals surface area (Å²) in [5.74, 6) is -0.993. The van der Waals surface area contributed by atoms with Crippen molar-refractivity contribution in [3.63, 3.8) is 0 Å². The van der Waals surface area contributed by atoms with E-state index in [-0.39, 0.29) is 0 Å². The molecule has 5 heteroatoms. The van der Waals surface area contributed by atoms with Gasteiger partial charge in [-0.15, -0.1) is 0 Å². The number of carboxylic acid groups (broad SMARTS) is 1. The lowest BCUT2D eigenvalue weighted by Gasteiger charge is -1.94. The minimum atomic E-state index is -0.993. The molecule has 0 radical (unpaired) electrons. The fourth-order valence-corrected chi connectivity index (χ4v) is 1.13. The van der Waals surface area contributed by atoms with Gasteiger partial charge in [-0.1, -0.05) is 0 Å². The lowest BCUT2D eigenvalue weighted by Crippen LogP contribution is -2.12. The van der Waals surface area contributed by atoms with Crippen molar-refractivity contribution in [2.45, 2.75) is 6.04 Å². The Morgan fingerprint density at radius 3 is 2.93 bits per heavy atom. The first kappa shape index (κ1) is 8.55. The molecule has 14 heavy (non-hydrogen) atoms. The monoisotopic (exact) mass is 189 g/mol. The van der Waals surface area contributed by atoms with E-state index in [9.17, 15) is 4.79 Å². The lowest BCUT2D eigenvalue weighted by molar-refractivity contribution is -0.137. The number of nitrogens with zero attached hydrogens (tertiary/aromatic N) is 3. The van der Waals surface area contributed by atoms with Crippen molar-refractivity contribution in [3.05, 3.63) is 36.2 Å². The van der Waals surface area contributed by atoms with Gasteiger partial charge in [-0.2, -0.15) is 10.2 Å². The van der Waals surface area contributed by atoms with E-state index >= 15 is 0 Å². The zero-order valence-electron chi connectivity index (χ0n) is 7.16. The average molecular weight is 189 g/mol. The first-order valence-electron chi connectivity index (χ1n) is 4.03. The predicted octanol–water partition coefficient (Wildman–Crippen LogP) is 1.34. The molecule has 1 aliphatic rings. The minimum Gasteiger partial charge on any atom is -0.479 e. The average Bonchev–Trinajstić information content (AvgIpc) is 2.68. The van der Waals surface area contributed by atoms with Crippen molar-refractivity contribution < 1.29 is 9.90 Å². The second-order valence-electron chi connectivity index (χ2n) is 2.79. The molecule has 0 amide bonds. The van der Waals surface area contributed by atoms with E-state index in [0.717, 1.165) is 5.56 Å². The molecule has 0 spiro atoms. The molecule has 1 aliphatic heterocycles. The van der Waals surface area contributed by atoms with Crippen molar-refractivity contribution in [2.75, 3.05) is 0 Å². The van der Waals surface area contributed by atoms with E-state index in [1.54, 1.807) is 18.5 Å². The minimum absolute atomic E-state index is 0.561. The molecule has 70 valence electrons. The maximum atomic E-state index is 10.6. The van der Waals surface area contributed by atoms with Crippen molar-refractivity contribution in [2.24, 2.45) is 10.2 Å². The number of azo groups is 1. The normalized spacial score (nSPS) is 19.4. The molecule has 0 aliphatic carbocycles. The fraction of sp³-hybridized carbons (Fsp3) is 0.111. The zero-order chi connectivity index (χ0) is 9.97. The van der Waals surface area contributed by atoms with Crippen LogP contribution in [0.5, 0.6) is 0 Å². The number of hydrogen-bond acceptors (Lipinski definition) is 4. The Labute approximate surface area is 79.8 Å². The van der Waals surface area contributed by atoms with Gasteiger partial charge in [0.25, 0.3) is 0 Å². The van der Waals surface area contributed by atoms with Crippen LogP contribution in [-0.2, 0) is 4.79 Å². The molecule has 0 unspecified atom stereocenters. The van der Waals surface area contributed by atoms with E-state index < -0.39 is 12.0 Å². The molecule has 0 bridgehead atoms. The summed E-state index contributed by atoms with van der Waals surface area (Å²) in [6.45, 7) is 0. The smallest absolute Gasteiger partial charge is 0.334 e. The van der Waals surface area contributed by atoms with Gasteiger partial charge in [0.1, 0.15) is 0 Å². The van der Waals surface area contributed by atoms with Gasteiger partial charge in [-0.05, 0) is 18.2 Å². The van der Waals surface area contributed by atoms with Crippen molar-refractivity contribution in [1.82, 2.24) is 4.98 Å². The summed E-state index contributed by atoms with van der Waals surface area (Å²) in [5.41, 5.74) is 1.34. The van der Waals surface area contributed by atoms with E-state index in [2.05, 4.69) is 15.2 Å². The van der Waals surface area contributed by atoms with Crippen LogP contribution in [0.1, 0.15) is 5.56 Å². The van der Waals surface area contributed by atoms with E-state index in [0.29, 0.717) is 5.70 Å². The molecule has 1 atom stereocenters. The second kappa shape index (κ2) is 3.37. The van der Waals surface area contributed by atoms with E-state index in [4.69, 9.17) is 5.11 Å². The summed E-state index contributed by atoms with van der Waals surface area (Å²) in [4.78, 5) is 14.5. The molecule has 0 fully saturated rings. The summed E-state index contributed by atoms with van der Waals surface area (Å²) in [6.07, 6.45) is 4.76. The largest absolute Gasteiger partial charge is 0.479 e. The zero-order valence-corrected chi connectivity index (χ0v) is 7.16. The van der Waals surface area contributed by atoms with Crippen LogP contribution in [0.25, 0.3) is 5.70 Å². The first-order chi connectivity index (χ1) is 6.77. The number of aromatic nitrogens is 1. The summed E-state index contributed by atoms with van der Waals surface area (Å²) in [5, 5.41) is 16.0. The number of aliphatic carboxylic acids is 1. The van der Waals surface area contributed by atoms with Crippen LogP contribution in [0.2, 0.25) is 0 Å². The Morgan fingerprint density at radius 2 is 2.36 bits per heavy atom. The molecule has 1 aromatic rings. The summed E-state index contributed by atoms with van der Waals surface area (Å²) >= 11 is 0. The molecule has 1 aromatic heterocycles. The highest BCUT2D eigenvalue weighted by Crippen LogP contribution is 2.22. The van der Waals surface area contributed by atoms with Gasteiger partial charge in [-0.3, -0.25) is 4.98 Å². The third kappa shape index (κ3) is 1.52. The van der Waals surface area contributed by atoms with Gasteiger partial charge in [0.05, 0.1) is 5.70 Å². The number of rotatable bonds is 2. The molecule has 0 aromatic carbocycles. The molecule has 5 nitrogen and oxygen atoms in total. The Balaban J connectivity index is 2.28. The van der Waals surface area contributed by atoms with Gasteiger partial charge >= 0.3 is 5.97 Å². The van der Waals surface area contributed by atoms with Crippen molar-refractivity contribution in [1.29, 1.82) is 0 Å².